The van der Waals surface area contributed by atoms with E-state index in [-0.39, 0.29) is 45.1 Å². The zero-order chi connectivity index (χ0) is 28.4. The number of methoxy groups -OCH3 is 1. The van der Waals surface area contributed by atoms with Crippen LogP contribution in [0.15, 0.2) is 27.8 Å². The average molecular weight is 548 g/mol. The number of hydrogen-bond donors (Lipinski definition) is 1. The topological polar surface area (TPSA) is 150 Å². The lowest BCUT2D eigenvalue weighted by atomic mass is 10.1. The second-order valence-corrected chi connectivity index (χ2v) is 9.70. The van der Waals surface area contributed by atoms with Crippen molar-refractivity contribution in [2.24, 2.45) is 0 Å². The number of thiophene rings is 1. The van der Waals surface area contributed by atoms with Crippen molar-refractivity contribution in [3.05, 3.63) is 60.9 Å². The number of nitriles is 1. The second-order valence-electron chi connectivity index (χ2n) is 8.70. The molecule has 3 rings (SSSR count). The molecule has 0 saturated carbocycles. The molecule has 0 aliphatic carbocycles. The monoisotopic (exact) mass is 547 g/mol. The highest BCUT2D eigenvalue weighted by molar-refractivity contribution is 7.20. The minimum Gasteiger partial charge on any atom is -0.496 e. The van der Waals surface area contributed by atoms with Crippen molar-refractivity contribution in [1.29, 1.82) is 5.26 Å². The predicted octanol–water partition coefficient (Wildman–Crippen LogP) is 2.96. The van der Waals surface area contributed by atoms with Crippen LogP contribution < -0.4 is 16.0 Å². The number of carboxylic acid groups (broad SMARTS) is 1. The van der Waals surface area contributed by atoms with Crippen LogP contribution in [0, 0.1) is 24.1 Å². The Morgan fingerprint density at radius 3 is 2.55 bits per heavy atom. The molecule has 0 aliphatic heterocycles. The molecular formula is C25H26FN3O8S. The zero-order valence-corrected chi connectivity index (χ0v) is 22.2. The molecule has 0 amide bonds. The summed E-state index contributed by atoms with van der Waals surface area (Å²) in [4.78, 5) is 52.1. The van der Waals surface area contributed by atoms with Crippen LogP contribution >= 0.6 is 11.3 Å². The highest BCUT2D eigenvalue weighted by Gasteiger charge is 2.36. The summed E-state index contributed by atoms with van der Waals surface area (Å²) < 4.78 is 32.0. The molecule has 38 heavy (non-hydrogen) atoms. The van der Waals surface area contributed by atoms with Crippen LogP contribution in [0.25, 0.3) is 10.2 Å². The minimum absolute atomic E-state index is 0.0442. The summed E-state index contributed by atoms with van der Waals surface area (Å²) in [5, 5.41) is 18.9. The minimum atomic E-state index is -1.97. The number of fused-ring (bicyclic) bond motifs is 1. The Hall–Kier alpha value is -4.02. The van der Waals surface area contributed by atoms with Gasteiger partial charge >= 0.3 is 17.6 Å². The Balaban J connectivity index is 2.41. The fourth-order valence-electron chi connectivity index (χ4n) is 3.99. The Kier molecular flexibility index (Phi) is 8.38. The van der Waals surface area contributed by atoms with Crippen LogP contribution in [0.3, 0.4) is 0 Å². The Morgan fingerprint density at radius 2 is 1.97 bits per heavy atom. The number of aryl methyl sites for hydroxylation is 1. The summed E-state index contributed by atoms with van der Waals surface area (Å²) in [6, 6.07) is 5.47. The van der Waals surface area contributed by atoms with Gasteiger partial charge in [0.2, 0.25) is 0 Å². The maximum absolute atomic E-state index is 14.2. The lowest BCUT2D eigenvalue weighted by Gasteiger charge is -2.25. The normalized spacial score (nSPS) is 12.2. The number of benzene rings is 1. The number of carboxylic acids is 1. The molecule has 0 saturated heterocycles. The molecule has 0 unspecified atom stereocenters. The number of carbonyl (C=O) groups is 2. The van der Waals surface area contributed by atoms with Gasteiger partial charge in [-0.25, -0.2) is 23.3 Å². The first kappa shape index (κ1) is 28.5. The first-order valence-corrected chi connectivity index (χ1v) is 12.2. The van der Waals surface area contributed by atoms with Gasteiger partial charge in [0.25, 0.3) is 5.56 Å². The van der Waals surface area contributed by atoms with E-state index in [0.29, 0.717) is 4.57 Å². The highest BCUT2D eigenvalue weighted by atomic mass is 32.1. The van der Waals surface area contributed by atoms with E-state index >= 15 is 0 Å². The summed E-state index contributed by atoms with van der Waals surface area (Å²) >= 11 is 0.831. The molecule has 0 aliphatic rings. The van der Waals surface area contributed by atoms with Crippen molar-refractivity contribution in [2.75, 3.05) is 20.3 Å². The first-order chi connectivity index (χ1) is 17.9. The maximum Gasteiger partial charge on any atom is 0.348 e. The van der Waals surface area contributed by atoms with Gasteiger partial charge in [0.15, 0.2) is 0 Å². The molecule has 1 N–H and O–H groups in total. The summed E-state index contributed by atoms with van der Waals surface area (Å²) in [7, 11) is 1.35. The molecule has 0 radical (unpaired) electrons. The van der Waals surface area contributed by atoms with Gasteiger partial charge in [-0.2, -0.15) is 5.26 Å². The van der Waals surface area contributed by atoms with E-state index in [1.165, 1.54) is 33.9 Å². The number of esters is 1. The smallest absolute Gasteiger partial charge is 0.348 e. The summed E-state index contributed by atoms with van der Waals surface area (Å²) in [6.07, 6.45) is -1.13. The van der Waals surface area contributed by atoms with Crippen LogP contribution in [0.1, 0.15) is 47.7 Å². The van der Waals surface area contributed by atoms with E-state index in [4.69, 9.17) is 19.5 Å². The van der Waals surface area contributed by atoms with Gasteiger partial charge in [0.1, 0.15) is 39.5 Å². The van der Waals surface area contributed by atoms with Crippen LogP contribution in [0.5, 0.6) is 5.75 Å². The van der Waals surface area contributed by atoms with E-state index in [2.05, 4.69) is 0 Å². The van der Waals surface area contributed by atoms with E-state index in [9.17, 15) is 28.7 Å². The third-order valence-electron chi connectivity index (χ3n) is 5.99. The number of ether oxygens (including phenoxy) is 3. The molecule has 0 bridgehead atoms. The molecule has 202 valence electrons. The molecular weight excluding hydrogens is 521 g/mol. The van der Waals surface area contributed by atoms with Gasteiger partial charge in [-0.1, -0.05) is 0 Å². The highest BCUT2D eigenvalue weighted by Crippen LogP contribution is 2.33. The Labute approximate surface area is 220 Å². The van der Waals surface area contributed by atoms with Crippen molar-refractivity contribution in [3.8, 4) is 11.8 Å². The lowest BCUT2D eigenvalue weighted by Crippen LogP contribution is -2.52. The summed E-state index contributed by atoms with van der Waals surface area (Å²) in [5.74, 6) is -2.56. The lowest BCUT2D eigenvalue weighted by molar-refractivity contribution is -0.146. The van der Waals surface area contributed by atoms with Gasteiger partial charge in [0, 0.05) is 5.56 Å². The first-order valence-electron chi connectivity index (χ1n) is 11.4. The van der Waals surface area contributed by atoms with Crippen LogP contribution in [-0.2, 0) is 26.4 Å². The number of aromatic nitrogens is 2. The molecule has 13 heteroatoms. The SMILES string of the molecule is CCOC(=O)c1sc2c(c1C)c(=O)n(C(C)(C)C(=O)O)c(=O)n2C[C@H](OCC#N)c1cc(F)ccc1OC. The van der Waals surface area contributed by atoms with E-state index in [0.717, 1.165) is 28.0 Å². The third-order valence-corrected chi connectivity index (χ3v) is 7.29. The van der Waals surface area contributed by atoms with Crippen LogP contribution in [0.2, 0.25) is 0 Å². The number of hydrogen-bond acceptors (Lipinski definition) is 9. The zero-order valence-electron chi connectivity index (χ0n) is 21.4. The fraction of sp³-hybridized carbons (Fsp3) is 0.400. The van der Waals surface area contributed by atoms with Crippen LogP contribution in [-0.4, -0.2) is 46.5 Å². The molecule has 1 atom stereocenters. The number of carbonyl (C=O) groups excluding carboxylic acids is 1. The predicted molar refractivity (Wildman–Crippen MR) is 135 cm³/mol. The van der Waals surface area contributed by atoms with Crippen LogP contribution in [0.4, 0.5) is 4.39 Å². The molecule has 1 aromatic carbocycles. The van der Waals surface area contributed by atoms with Gasteiger partial charge in [0.05, 0.1) is 31.7 Å². The number of rotatable bonds is 10. The second kappa shape index (κ2) is 11.2. The number of nitrogens with zero attached hydrogens (tertiary/aromatic N) is 3. The van der Waals surface area contributed by atoms with Gasteiger partial charge in [-0.05, 0) is 51.5 Å². The molecule has 0 spiro atoms. The Morgan fingerprint density at radius 1 is 1.29 bits per heavy atom. The van der Waals surface area contributed by atoms with Gasteiger partial charge in [-0.15, -0.1) is 11.3 Å². The number of aliphatic carboxylic acids is 1. The summed E-state index contributed by atoms with van der Waals surface area (Å²) in [6.45, 7) is 4.78. The third kappa shape index (κ3) is 5.05. The van der Waals surface area contributed by atoms with Crippen molar-refractivity contribution in [1.82, 2.24) is 9.13 Å². The van der Waals surface area contributed by atoms with Gasteiger partial charge < -0.3 is 19.3 Å². The van der Waals surface area contributed by atoms with Crippen molar-refractivity contribution in [2.45, 2.75) is 45.9 Å². The molecule has 2 aromatic heterocycles. The van der Waals surface area contributed by atoms with E-state index in [1.807, 2.05) is 6.07 Å². The van der Waals surface area contributed by atoms with Crippen molar-refractivity contribution in [3.63, 3.8) is 0 Å². The molecule has 2 heterocycles. The standard InChI is InChI=1S/C25H26FN3O8S/c1-6-36-22(31)19-13(2)18-20(30)29(25(3,4)23(32)33)24(34)28(21(18)38-19)12-17(37-10-9-27)15-11-14(26)7-8-16(15)35-5/h7-8,11,17H,6,10,12H2,1-5H3,(H,32,33)/t17-/m0/s1. The van der Waals surface area contributed by atoms with Gasteiger partial charge in [-0.3, -0.25) is 9.36 Å². The quantitative estimate of drug-likeness (QED) is 0.378. The number of halogens is 1. The average Bonchev–Trinajstić information content (AvgIpc) is 3.21. The van der Waals surface area contributed by atoms with Crippen molar-refractivity contribution >= 4 is 33.5 Å². The maximum atomic E-state index is 14.2. The fourth-order valence-corrected chi connectivity index (χ4v) is 5.18. The van der Waals surface area contributed by atoms with Crippen molar-refractivity contribution < 1.29 is 33.3 Å². The van der Waals surface area contributed by atoms with E-state index < -0.39 is 47.3 Å². The molecule has 3 aromatic rings. The Bertz CT molecular complexity index is 1560. The summed E-state index contributed by atoms with van der Waals surface area (Å²) in [5.41, 5.74) is -3.46. The largest absolute Gasteiger partial charge is 0.496 e. The van der Waals surface area contributed by atoms with E-state index in [1.54, 1.807) is 6.92 Å². The molecule has 11 nitrogen and oxygen atoms in total. The molecule has 0 fully saturated rings.